The maximum absolute atomic E-state index is 12.5. The van der Waals surface area contributed by atoms with Gasteiger partial charge in [0.15, 0.2) is 0 Å². The first-order valence-electron chi connectivity index (χ1n) is 7.70. The molecule has 1 amide bonds. The van der Waals surface area contributed by atoms with Gasteiger partial charge in [-0.3, -0.25) is 4.79 Å². The minimum Gasteiger partial charge on any atom is -0.349 e. The summed E-state index contributed by atoms with van der Waals surface area (Å²) < 4.78 is 0. The number of hydrogen-bond donors (Lipinski definition) is 2. The van der Waals surface area contributed by atoms with Crippen molar-refractivity contribution in [2.45, 2.75) is 45.6 Å². The van der Waals surface area contributed by atoms with Gasteiger partial charge >= 0.3 is 0 Å². The Hall–Kier alpha value is -1.35. The molecule has 20 heavy (non-hydrogen) atoms. The molecule has 0 aliphatic heterocycles. The zero-order chi connectivity index (χ0) is 14.5. The van der Waals surface area contributed by atoms with Crippen molar-refractivity contribution in [2.75, 3.05) is 6.54 Å². The lowest BCUT2D eigenvalue weighted by Crippen LogP contribution is -2.42. The van der Waals surface area contributed by atoms with Gasteiger partial charge in [-0.25, -0.2) is 0 Å². The first-order chi connectivity index (χ1) is 9.61. The second kappa shape index (κ2) is 6.89. The predicted molar refractivity (Wildman–Crippen MR) is 82.6 cm³/mol. The normalized spacial score (nSPS) is 26.2. The summed E-state index contributed by atoms with van der Waals surface area (Å²) in [5.41, 5.74) is 7.45. The van der Waals surface area contributed by atoms with E-state index in [9.17, 15) is 4.79 Å². The predicted octanol–water partition coefficient (Wildman–Crippen LogP) is 2.74. The Balaban J connectivity index is 2.05. The lowest BCUT2D eigenvalue weighted by Gasteiger charge is -2.33. The molecule has 0 saturated heterocycles. The van der Waals surface area contributed by atoms with Gasteiger partial charge in [0.2, 0.25) is 0 Å². The van der Waals surface area contributed by atoms with Crippen LogP contribution in [0.1, 0.15) is 49.0 Å². The van der Waals surface area contributed by atoms with Crippen LogP contribution < -0.4 is 11.1 Å². The van der Waals surface area contributed by atoms with Crippen LogP contribution in [-0.4, -0.2) is 18.5 Å². The molecular formula is C17H26N2O. The second-order valence-electron chi connectivity index (χ2n) is 6.17. The van der Waals surface area contributed by atoms with Crippen molar-refractivity contribution in [3.63, 3.8) is 0 Å². The number of rotatable bonds is 4. The minimum atomic E-state index is 0.0560. The lowest BCUT2D eigenvalue weighted by atomic mass is 9.80. The molecule has 1 saturated carbocycles. The van der Waals surface area contributed by atoms with Crippen molar-refractivity contribution in [3.05, 3.63) is 35.4 Å². The fourth-order valence-electron chi connectivity index (χ4n) is 3.24. The molecule has 1 aromatic carbocycles. The third-order valence-corrected chi connectivity index (χ3v) is 4.42. The van der Waals surface area contributed by atoms with E-state index in [1.165, 1.54) is 12.8 Å². The topological polar surface area (TPSA) is 55.1 Å². The van der Waals surface area contributed by atoms with Crippen LogP contribution in [-0.2, 0) is 6.42 Å². The average Bonchev–Trinajstić information content (AvgIpc) is 2.43. The zero-order valence-electron chi connectivity index (χ0n) is 12.6. The molecule has 2 rings (SSSR count). The molecule has 0 spiro atoms. The molecule has 0 bridgehead atoms. The number of nitrogens with one attached hydrogen (secondary N) is 1. The maximum Gasteiger partial charge on any atom is 0.251 e. The molecule has 3 atom stereocenters. The Morgan fingerprint density at radius 2 is 2.05 bits per heavy atom. The van der Waals surface area contributed by atoms with Crippen molar-refractivity contribution >= 4 is 5.91 Å². The van der Waals surface area contributed by atoms with Crippen LogP contribution in [0, 0.1) is 11.8 Å². The number of amides is 1. The van der Waals surface area contributed by atoms with Crippen LogP contribution in [0.3, 0.4) is 0 Å². The van der Waals surface area contributed by atoms with Gasteiger partial charge in [0.05, 0.1) is 0 Å². The fraction of sp³-hybridized carbons (Fsp3) is 0.588. The van der Waals surface area contributed by atoms with E-state index in [1.807, 2.05) is 24.3 Å². The second-order valence-corrected chi connectivity index (χ2v) is 6.17. The highest BCUT2D eigenvalue weighted by Crippen LogP contribution is 2.28. The number of nitrogens with two attached hydrogens (primary N) is 1. The summed E-state index contributed by atoms with van der Waals surface area (Å²) in [6.07, 6.45) is 4.25. The van der Waals surface area contributed by atoms with Crippen LogP contribution in [0.4, 0.5) is 0 Å². The molecule has 3 heteroatoms. The average molecular weight is 274 g/mol. The summed E-state index contributed by atoms with van der Waals surface area (Å²) in [5.74, 6) is 1.40. The zero-order valence-corrected chi connectivity index (χ0v) is 12.6. The lowest BCUT2D eigenvalue weighted by molar-refractivity contribution is 0.0898. The molecule has 0 heterocycles. The molecule has 1 aromatic rings. The highest BCUT2D eigenvalue weighted by atomic mass is 16.1. The van der Waals surface area contributed by atoms with Gasteiger partial charge in [-0.1, -0.05) is 32.0 Å². The Kier molecular flexibility index (Phi) is 5.18. The molecule has 3 unspecified atom stereocenters. The summed E-state index contributed by atoms with van der Waals surface area (Å²) in [7, 11) is 0. The van der Waals surface area contributed by atoms with E-state index in [1.54, 1.807) is 0 Å². The van der Waals surface area contributed by atoms with E-state index in [-0.39, 0.29) is 5.91 Å². The molecule has 0 aromatic heterocycles. The van der Waals surface area contributed by atoms with Crippen LogP contribution in [0.25, 0.3) is 0 Å². The SMILES string of the molecule is CC1CCC(NC(=O)c2ccccc2CCN)C(C)C1. The smallest absolute Gasteiger partial charge is 0.251 e. The third kappa shape index (κ3) is 3.60. The third-order valence-electron chi connectivity index (χ3n) is 4.42. The summed E-state index contributed by atoms with van der Waals surface area (Å²) in [4.78, 5) is 12.5. The van der Waals surface area contributed by atoms with Crippen molar-refractivity contribution < 1.29 is 4.79 Å². The van der Waals surface area contributed by atoms with Gasteiger partial charge < -0.3 is 11.1 Å². The Bertz CT molecular complexity index is 458. The van der Waals surface area contributed by atoms with Gasteiger partial charge in [-0.2, -0.15) is 0 Å². The highest BCUT2D eigenvalue weighted by molar-refractivity contribution is 5.95. The molecular weight excluding hydrogens is 248 g/mol. The number of carbonyl (C=O) groups excluding carboxylic acids is 1. The minimum absolute atomic E-state index is 0.0560. The molecule has 0 radical (unpaired) electrons. The Morgan fingerprint density at radius 1 is 1.30 bits per heavy atom. The van der Waals surface area contributed by atoms with Crippen LogP contribution in [0.2, 0.25) is 0 Å². The molecule has 1 fully saturated rings. The molecule has 110 valence electrons. The van der Waals surface area contributed by atoms with Gasteiger partial charge in [0.25, 0.3) is 5.91 Å². The van der Waals surface area contributed by atoms with Crippen LogP contribution in [0.5, 0.6) is 0 Å². The van der Waals surface area contributed by atoms with E-state index in [0.29, 0.717) is 18.5 Å². The van der Waals surface area contributed by atoms with E-state index in [4.69, 9.17) is 5.73 Å². The highest BCUT2D eigenvalue weighted by Gasteiger charge is 2.27. The summed E-state index contributed by atoms with van der Waals surface area (Å²) in [5, 5.41) is 3.22. The number of benzene rings is 1. The first-order valence-corrected chi connectivity index (χ1v) is 7.70. The number of carbonyl (C=O) groups is 1. The quantitative estimate of drug-likeness (QED) is 0.887. The largest absolute Gasteiger partial charge is 0.349 e. The van der Waals surface area contributed by atoms with Gasteiger partial charge in [0, 0.05) is 11.6 Å². The Morgan fingerprint density at radius 3 is 2.75 bits per heavy atom. The van der Waals surface area contributed by atoms with Crippen molar-refractivity contribution in [3.8, 4) is 0 Å². The van der Waals surface area contributed by atoms with Gasteiger partial charge in [-0.15, -0.1) is 0 Å². The standard InChI is InChI=1S/C17H26N2O/c1-12-7-8-16(13(2)11-12)19-17(20)15-6-4-3-5-14(15)9-10-18/h3-6,12-13,16H,7-11,18H2,1-2H3,(H,19,20). The summed E-state index contributed by atoms with van der Waals surface area (Å²) in [6.45, 7) is 5.11. The van der Waals surface area contributed by atoms with E-state index >= 15 is 0 Å². The van der Waals surface area contributed by atoms with E-state index < -0.39 is 0 Å². The molecule has 1 aliphatic carbocycles. The molecule has 3 nitrogen and oxygen atoms in total. The van der Waals surface area contributed by atoms with E-state index in [2.05, 4.69) is 19.2 Å². The van der Waals surface area contributed by atoms with Crippen LogP contribution >= 0.6 is 0 Å². The van der Waals surface area contributed by atoms with E-state index in [0.717, 1.165) is 29.9 Å². The first kappa shape index (κ1) is 15.0. The van der Waals surface area contributed by atoms with Crippen molar-refractivity contribution in [1.29, 1.82) is 0 Å². The number of hydrogen-bond acceptors (Lipinski definition) is 2. The Labute approximate surface area is 121 Å². The fourth-order valence-corrected chi connectivity index (χ4v) is 3.24. The monoisotopic (exact) mass is 274 g/mol. The molecule has 1 aliphatic rings. The van der Waals surface area contributed by atoms with Gasteiger partial charge in [-0.05, 0) is 55.7 Å². The summed E-state index contributed by atoms with van der Waals surface area (Å²) in [6, 6.07) is 8.09. The van der Waals surface area contributed by atoms with Crippen LogP contribution in [0.15, 0.2) is 24.3 Å². The van der Waals surface area contributed by atoms with Crippen molar-refractivity contribution in [1.82, 2.24) is 5.32 Å². The van der Waals surface area contributed by atoms with Gasteiger partial charge in [0.1, 0.15) is 0 Å². The van der Waals surface area contributed by atoms with Crippen molar-refractivity contribution in [2.24, 2.45) is 17.6 Å². The maximum atomic E-state index is 12.5. The molecule has 3 N–H and O–H groups in total. The summed E-state index contributed by atoms with van der Waals surface area (Å²) >= 11 is 0.